The summed E-state index contributed by atoms with van der Waals surface area (Å²) in [5.74, 6) is 0. The molecule has 1 aromatic heterocycles. The Hall–Kier alpha value is -0.680. The van der Waals surface area contributed by atoms with Crippen LogP contribution >= 0.6 is 11.3 Å². The van der Waals surface area contributed by atoms with Crippen LogP contribution in [-0.4, -0.2) is 37.1 Å². The molecule has 16 heavy (non-hydrogen) atoms. The molecule has 0 unspecified atom stereocenters. The first-order valence-electron chi connectivity index (χ1n) is 5.44. The van der Waals surface area contributed by atoms with Crippen LogP contribution in [0.3, 0.4) is 0 Å². The number of hydrogen-bond acceptors (Lipinski definition) is 3. The minimum Gasteiger partial charge on any atom is -0.479 e. The number of hydrogen-bond donors (Lipinski definition) is 0. The summed E-state index contributed by atoms with van der Waals surface area (Å²) in [5.41, 5.74) is 0. The molecular weight excluding hydrogens is 232 g/mol. The van der Waals surface area contributed by atoms with Gasteiger partial charge in [0.25, 0.3) is 0 Å². The molecule has 2 nitrogen and oxygen atoms in total. The van der Waals surface area contributed by atoms with Gasteiger partial charge in [0.15, 0.2) is 5.06 Å². The monoisotopic (exact) mass is 247 g/mol. The van der Waals surface area contributed by atoms with Gasteiger partial charge in [-0.15, -0.1) is 11.3 Å². The molecule has 1 aliphatic heterocycles. The standard InChI is InChI=1S/C11H15F2NOS/c12-10(13)4-6-14-5-3-9(8-14)15-11-2-1-7-16-11/h1-2,7,9-10H,3-6,8H2/t9-/m0/s1. The van der Waals surface area contributed by atoms with E-state index in [2.05, 4.69) is 0 Å². The Morgan fingerprint density at radius 2 is 2.44 bits per heavy atom. The highest BCUT2D eigenvalue weighted by atomic mass is 32.1. The van der Waals surface area contributed by atoms with Gasteiger partial charge in [-0.3, -0.25) is 4.90 Å². The van der Waals surface area contributed by atoms with Gasteiger partial charge in [0.1, 0.15) is 6.10 Å². The number of likely N-dealkylation sites (tertiary alicyclic amines) is 1. The number of halogens is 2. The fourth-order valence-corrected chi connectivity index (χ4v) is 2.51. The lowest BCUT2D eigenvalue weighted by atomic mass is 10.3. The minimum atomic E-state index is -2.20. The van der Waals surface area contributed by atoms with Crippen molar-refractivity contribution in [3.05, 3.63) is 17.5 Å². The van der Waals surface area contributed by atoms with Gasteiger partial charge in [0.05, 0.1) is 0 Å². The van der Waals surface area contributed by atoms with Crippen molar-refractivity contribution in [1.82, 2.24) is 4.90 Å². The molecule has 1 fully saturated rings. The molecule has 0 spiro atoms. The van der Waals surface area contributed by atoms with Crippen LogP contribution in [0.25, 0.3) is 0 Å². The molecule has 90 valence electrons. The van der Waals surface area contributed by atoms with Gasteiger partial charge in [-0.25, -0.2) is 8.78 Å². The van der Waals surface area contributed by atoms with Gasteiger partial charge in [0.2, 0.25) is 6.43 Å². The molecule has 2 rings (SSSR count). The third kappa shape index (κ3) is 3.42. The van der Waals surface area contributed by atoms with Crippen LogP contribution in [0.4, 0.5) is 8.78 Å². The number of alkyl halides is 2. The zero-order valence-corrected chi connectivity index (χ0v) is 9.76. The van der Waals surface area contributed by atoms with Gasteiger partial charge in [0, 0.05) is 26.1 Å². The fraction of sp³-hybridized carbons (Fsp3) is 0.636. The maximum Gasteiger partial charge on any atom is 0.239 e. The Morgan fingerprint density at radius 1 is 1.56 bits per heavy atom. The van der Waals surface area contributed by atoms with E-state index < -0.39 is 6.43 Å². The van der Waals surface area contributed by atoms with Crippen molar-refractivity contribution in [2.45, 2.75) is 25.4 Å². The quantitative estimate of drug-likeness (QED) is 0.793. The summed E-state index contributed by atoms with van der Waals surface area (Å²) in [7, 11) is 0. The van der Waals surface area contributed by atoms with Crippen molar-refractivity contribution >= 4 is 11.3 Å². The van der Waals surface area contributed by atoms with E-state index in [1.807, 2.05) is 22.4 Å². The Balaban J connectivity index is 1.71. The van der Waals surface area contributed by atoms with Crippen molar-refractivity contribution in [3.8, 4) is 5.06 Å². The average Bonchev–Trinajstić information content (AvgIpc) is 2.87. The lowest BCUT2D eigenvalue weighted by Gasteiger charge is -2.15. The Bertz CT molecular complexity index is 305. The molecule has 0 bridgehead atoms. The highest BCUT2D eigenvalue weighted by Gasteiger charge is 2.24. The average molecular weight is 247 g/mol. The molecule has 1 aliphatic rings. The predicted molar refractivity (Wildman–Crippen MR) is 60.4 cm³/mol. The summed E-state index contributed by atoms with van der Waals surface area (Å²) in [4.78, 5) is 2.05. The molecule has 1 saturated heterocycles. The van der Waals surface area contributed by atoms with E-state index in [1.54, 1.807) is 11.3 Å². The summed E-state index contributed by atoms with van der Waals surface area (Å²) in [6, 6.07) is 3.88. The first-order chi connectivity index (χ1) is 7.74. The van der Waals surface area contributed by atoms with Crippen molar-refractivity contribution in [2.24, 2.45) is 0 Å². The first kappa shape index (κ1) is 11.8. The van der Waals surface area contributed by atoms with Crippen molar-refractivity contribution < 1.29 is 13.5 Å². The molecule has 0 aromatic carbocycles. The SMILES string of the molecule is FC(F)CCN1CC[C@H](Oc2cccs2)C1. The molecular formula is C11H15F2NOS. The van der Waals surface area contributed by atoms with E-state index >= 15 is 0 Å². The van der Waals surface area contributed by atoms with Gasteiger partial charge < -0.3 is 4.74 Å². The number of thiophene rings is 1. The maximum atomic E-state index is 12.0. The Kier molecular flexibility index (Phi) is 4.12. The van der Waals surface area contributed by atoms with Gasteiger partial charge in [-0.05, 0) is 23.9 Å². The largest absolute Gasteiger partial charge is 0.479 e. The Labute approximate surface area is 97.8 Å². The van der Waals surface area contributed by atoms with E-state index in [4.69, 9.17) is 4.74 Å². The zero-order valence-electron chi connectivity index (χ0n) is 8.94. The van der Waals surface area contributed by atoms with Gasteiger partial charge >= 0.3 is 0 Å². The predicted octanol–water partition coefficient (Wildman–Crippen LogP) is 2.86. The second-order valence-corrected chi connectivity index (χ2v) is 4.85. The normalized spacial score (nSPS) is 21.8. The summed E-state index contributed by atoms with van der Waals surface area (Å²) < 4.78 is 29.8. The molecule has 0 aliphatic carbocycles. The zero-order chi connectivity index (χ0) is 11.4. The molecule has 0 saturated carbocycles. The summed E-state index contributed by atoms with van der Waals surface area (Å²) in [5, 5.41) is 2.89. The first-order valence-corrected chi connectivity index (χ1v) is 6.32. The van der Waals surface area contributed by atoms with Crippen LogP contribution in [0.15, 0.2) is 17.5 Å². The van der Waals surface area contributed by atoms with Crippen LogP contribution in [0, 0.1) is 0 Å². The topological polar surface area (TPSA) is 12.5 Å². The highest BCUT2D eigenvalue weighted by Crippen LogP contribution is 2.23. The lowest BCUT2D eigenvalue weighted by molar-refractivity contribution is 0.118. The summed E-state index contributed by atoms with van der Waals surface area (Å²) in [6.07, 6.45) is -1.14. The Morgan fingerprint density at radius 3 is 3.12 bits per heavy atom. The second kappa shape index (κ2) is 5.59. The third-order valence-corrected chi connectivity index (χ3v) is 3.43. The molecule has 5 heteroatoms. The van der Waals surface area contributed by atoms with Crippen LogP contribution in [0.2, 0.25) is 0 Å². The van der Waals surface area contributed by atoms with E-state index in [-0.39, 0.29) is 12.5 Å². The number of ether oxygens (including phenoxy) is 1. The van der Waals surface area contributed by atoms with Crippen molar-refractivity contribution in [1.29, 1.82) is 0 Å². The number of rotatable bonds is 5. The van der Waals surface area contributed by atoms with Gasteiger partial charge in [-0.1, -0.05) is 0 Å². The summed E-state index contributed by atoms with van der Waals surface area (Å²) >= 11 is 1.57. The molecule has 0 N–H and O–H groups in total. The van der Waals surface area contributed by atoms with Crippen LogP contribution < -0.4 is 4.74 Å². The van der Waals surface area contributed by atoms with Gasteiger partial charge in [-0.2, -0.15) is 0 Å². The highest BCUT2D eigenvalue weighted by molar-refractivity contribution is 7.11. The molecule has 1 atom stereocenters. The molecule has 0 radical (unpaired) electrons. The smallest absolute Gasteiger partial charge is 0.239 e. The lowest BCUT2D eigenvalue weighted by Crippen LogP contribution is -2.26. The van der Waals surface area contributed by atoms with Crippen molar-refractivity contribution in [3.63, 3.8) is 0 Å². The fourth-order valence-electron chi connectivity index (χ4n) is 1.87. The van der Waals surface area contributed by atoms with E-state index in [0.717, 1.165) is 24.6 Å². The molecule has 0 amide bonds. The minimum absolute atomic E-state index is 0.0360. The van der Waals surface area contributed by atoms with Crippen LogP contribution in [-0.2, 0) is 0 Å². The van der Waals surface area contributed by atoms with E-state index in [1.165, 1.54) is 0 Å². The molecule has 2 heterocycles. The number of nitrogens with zero attached hydrogens (tertiary/aromatic N) is 1. The second-order valence-electron chi connectivity index (χ2n) is 3.94. The van der Waals surface area contributed by atoms with Crippen molar-refractivity contribution in [2.75, 3.05) is 19.6 Å². The van der Waals surface area contributed by atoms with E-state index in [9.17, 15) is 8.78 Å². The molecule has 1 aromatic rings. The van der Waals surface area contributed by atoms with Crippen LogP contribution in [0.5, 0.6) is 5.06 Å². The third-order valence-electron chi connectivity index (χ3n) is 2.67. The summed E-state index contributed by atoms with van der Waals surface area (Å²) in [6.45, 7) is 2.11. The van der Waals surface area contributed by atoms with E-state index in [0.29, 0.717) is 6.54 Å². The van der Waals surface area contributed by atoms with Crippen LogP contribution in [0.1, 0.15) is 12.8 Å². The maximum absolute atomic E-state index is 12.0.